The fourth-order valence-electron chi connectivity index (χ4n) is 0.447. The van der Waals surface area contributed by atoms with Crippen LogP contribution in [0, 0.1) is 0 Å². The molecule has 0 heterocycles. The Morgan fingerprint density at radius 2 is 1.71 bits per heavy atom. The Kier molecular flexibility index (Phi) is 3.24. The first-order valence-corrected chi connectivity index (χ1v) is 4.87. The third-order valence-electron chi connectivity index (χ3n) is 0.447. The molecule has 0 aliphatic heterocycles. The molecule has 3 heteroatoms. The zero-order valence-corrected chi connectivity index (χ0v) is 6.45. The molecule has 1 radical (unpaired) electrons. The molecule has 0 saturated carbocycles. The van der Waals surface area contributed by atoms with E-state index in [-0.39, 0.29) is 8.96 Å². The third-order valence-corrected chi connectivity index (χ3v) is 1.34. The predicted octanol–water partition coefficient (Wildman–Crippen LogP) is 0.304. The summed E-state index contributed by atoms with van der Waals surface area (Å²) in [6.45, 7) is 4.43. The Hall–Kier alpha value is 0.137. The number of nitrogens with zero attached hydrogens (tertiary/aromatic N) is 1. The summed E-state index contributed by atoms with van der Waals surface area (Å²) in [5.41, 5.74) is 0. The van der Waals surface area contributed by atoms with Crippen molar-refractivity contribution in [3.05, 3.63) is 0 Å². The van der Waals surface area contributed by atoms with Crippen LogP contribution in [0.25, 0.3) is 0 Å². The molecular weight excluding hydrogens is 104 g/mol. The number of nitrogens with one attached hydrogen (secondary N) is 1. The second-order valence-corrected chi connectivity index (χ2v) is 4.23. The van der Waals surface area contributed by atoms with Crippen LogP contribution in [-0.2, 0) is 0 Å². The standard InChI is InChI=1S/C4H13N2Si/c1-6(2)5-7(3)4/h5H,1-4H3. The van der Waals surface area contributed by atoms with E-state index in [4.69, 9.17) is 0 Å². The lowest BCUT2D eigenvalue weighted by Gasteiger charge is -2.12. The van der Waals surface area contributed by atoms with E-state index in [0.29, 0.717) is 0 Å². The summed E-state index contributed by atoms with van der Waals surface area (Å²) < 4.78 is 0. The van der Waals surface area contributed by atoms with Crippen LogP contribution in [0.15, 0.2) is 0 Å². The van der Waals surface area contributed by atoms with Gasteiger partial charge in [-0.15, -0.1) is 0 Å². The second kappa shape index (κ2) is 3.18. The highest BCUT2D eigenvalue weighted by Gasteiger charge is 1.92. The van der Waals surface area contributed by atoms with Crippen LogP contribution in [-0.4, -0.2) is 28.1 Å². The van der Waals surface area contributed by atoms with Crippen molar-refractivity contribution in [1.29, 1.82) is 0 Å². The van der Waals surface area contributed by atoms with Crippen molar-refractivity contribution in [2.24, 2.45) is 0 Å². The highest BCUT2D eigenvalue weighted by atomic mass is 28.3. The lowest BCUT2D eigenvalue weighted by molar-refractivity contribution is 0.370. The Bertz CT molecular complexity index is 39.0. The van der Waals surface area contributed by atoms with Gasteiger partial charge in [0.05, 0.1) is 0 Å². The maximum atomic E-state index is 3.24. The van der Waals surface area contributed by atoms with Gasteiger partial charge in [0, 0.05) is 14.1 Å². The average molecular weight is 117 g/mol. The molecular formula is C4H13N2Si. The fourth-order valence-corrected chi connectivity index (χ4v) is 1.34. The molecule has 0 aliphatic rings. The molecule has 7 heavy (non-hydrogen) atoms. The molecule has 0 aromatic carbocycles. The topological polar surface area (TPSA) is 15.3 Å². The van der Waals surface area contributed by atoms with Crippen molar-refractivity contribution in [2.45, 2.75) is 13.1 Å². The number of hydrogen-bond acceptors (Lipinski definition) is 2. The van der Waals surface area contributed by atoms with E-state index in [1.807, 2.05) is 19.1 Å². The van der Waals surface area contributed by atoms with Gasteiger partial charge in [-0.05, 0) is 0 Å². The molecule has 0 aromatic rings. The van der Waals surface area contributed by atoms with Crippen LogP contribution in [0.2, 0.25) is 13.1 Å². The second-order valence-electron chi connectivity index (χ2n) is 2.01. The monoisotopic (exact) mass is 117 g/mol. The molecule has 0 atom stereocenters. The first-order valence-electron chi connectivity index (χ1n) is 2.37. The van der Waals surface area contributed by atoms with Crippen LogP contribution in [0.3, 0.4) is 0 Å². The minimum Gasteiger partial charge on any atom is -0.278 e. The Morgan fingerprint density at radius 3 is 1.71 bits per heavy atom. The molecule has 0 saturated heterocycles. The van der Waals surface area contributed by atoms with Gasteiger partial charge in [-0.1, -0.05) is 13.1 Å². The predicted molar refractivity (Wildman–Crippen MR) is 34.3 cm³/mol. The van der Waals surface area contributed by atoms with Gasteiger partial charge >= 0.3 is 0 Å². The highest BCUT2D eigenvalue weighted by molar-refractivity contribution is 6.52. The maximum absolute atomic E-state index is 3.24. The smallest absolute Gasteiger partial charge is 0.144 e. The Labute approximate surface area is 47.2 Å². The van der Waals surface area contributed by atoms with Gasteiger partial charge in [-0.25, -0.2) is 0 Å². The van der Waals surface area contributed by atoms with Gasteiger partial charge < -0.3 is 0 Å². The Morgan fingerprint density at radius 1 is 1.29 bits per heavy atom. The molecule has 0 fully saturated rings. The summed E-state index contributed by atoms with van der Waals surface area (Å²) >= 11 is 0. The average Bonchev–Trinajstić information content (AvgIpc) is 1.27. The molecule has 43 valence electrons. The molecule has 0 unspecified atom stereocenters. The number of hydrazine groups is 1. The molecule has 0 amide bonds. The maximum Gasteiger partial charge on any atom is 0.144 e. The zero-order chi connectivity index (χ0) is 5.86. The summed E-state index contributed by atoms with van der Waals surface area (Å²) in [4.78, 5) is 0. The van der Waals surface area contributed by atoms with Crippen molar-refractivity contribution in [1.82, 2.24) is 10.1 Å². The van der Waals surface area contributed by atoms with Gasteiger partial charge in [0.2, 0.25) is 0 Å². The first-order chi connectivity index (χ1) is 3.13. The Balaban J connectivity index is 2.95. The van der Waals surface area contributed by atoms with Crippen LogP contribution < -0.4 is 5.09 Å². The summed E-state index contributed by atoms with van der Waals surface area (Å²) in [6, 6.07) is 0. The third kappa shape index (κ3) is 6.14. The molecule has 0 spiro atoms. The summed E-state index contributed by atoms with van der Waals surface area (Å²) in [5, 5.41) is 5.24. The van der Waals surface area contributed by atoms with Gasteiger partial charge in [0.25, 0.3) is 0 Å². The van der Waals surface area contributed by atoms with E-state index < -0.39 is 0 Å². The normalized spacial score (nSPS) is 11.1. The number of hydrogen-bond donors (Lipinski definition) is 1. The van der Waals surface area contributed by atoms with E-state index in [2.05, 4.69) is 18.2 Å². The van der Waals surface area contributed by atoms with Crippen LogP contribution >= 0.6 is 0 Å². The van der Waals surface area contributed by atoms with E-state index in [0.717, 1.165) is 0 Å². The zero-order valence-electron chi connectivity index (χ0n) is 5.45. The van der Waals surface area contributed by atoms with Crippen molar-refractivity contribution >= 4 is 8.96 Å². The lowest BCUT2D eigenvalue weighted by Crippen LogP contribution is -2.39. The molecule has 0 aromatic heterocycles. The fraction of sp³-hybridized carbons (Fsp3) is 1.00. The van der Waals surface area contributed by atoms with E-state index in [1.54, 1.807) is 0 Å². The first kappa shape index (κ1) is 7.14. The van der Waals surface area contributed by atoms with Crippen molar-refractivity contribution in [3.8, 4) is 0 Å². The van der Waals surface area contributed by atoms with Gasteiger partial charge in [-0.2, -0.15) is 0 Å². The van der Waals surface area contributed by atoms with Crippen molar-refractivity contribution in [3.63, 3.8) is 0 Å². The SMILES string of the molecule is CN(C)N[Si](C)C. The molecule has 0 rings (SSSR count). The molecule has 1 N–H and O–H groups in total. The van der Waals surface area contributed by atoms with Crippen molar-refractivity contribution in [2.75, 3.05) is 14.1 Å². The number of rotatable bonds is 2. The largest absolute Gasteiger partial charge is 0.278 e. The molecule has 0 bridgehead atoms. The van der Waals surface area contributed by atoms with Crippen LogP contribution in [0.5, 0.6) is 0 Å². The summed E-state index contributed by atoms with van der Waals surface area (Å²) in [5.74, 6) is 0. The summed E-state index contributed by atoms with van der Waals surface area (Å²) in [7, 11) is 3.76. The highest BCUT2D eigenvalue weighted by Crippen LogP contribution is 1.70. The van der Waals surface area contributed by atoms with E-state index in [9.17, 15) is 0 Å². The van der Waals surface area contributed by atoms with Crippen molar-refractivity contribution < 1.29 is 0 Å². The minimum atomic E-state index is -0.258. The summed E-state index contributed by atoms with van der Waals surface area (Å²) in [6.07, 6.45) is 0. The van der Waals surface area contributed by atoms with Gasteiger partial charge in [0.15, 0.2) is 0 Å². The van der Waals surface area contributed by atoms with Crippen LogP contribution in [0.4, 0.5) is 0 Å². The minimum absolute atomic E-state index is 0.258. The molecule has 2 nitrogen and oxygen atoms in total. The van der Waals surface area contributed by atoms with E-state index >= 15 is 0 Å². The van der Waals surface area contributed by atoms with Gasteiger partial charge in [-0.3, -0.25) is 10.1 Å². The quantitative estimate of drug-likeness (QED) is 0.413. The lowest BCUT2D eigenvalue weighted by atomic mass is 11.2. The molecule has 0 aliphatic carbocycles. The van der Waals surface area contributed by atoms with E-state index in [1.165, 1.54) is 0 Å². The van der Waals surface area contributed by atoms with Crippen LogP contribution in [0.1, 0.15) is 0 Å². The van der Waals surface area contributed by atoms with Gasteiger partial charge in [0.1, 0.15) is 8.96 Å².